The summed E-state index contributed by atoms with van der Waals surface area (Å²) in [4.78, 5) is 32.0. The topological polar surface area (TPSA) is 79.7 Å². The van der Waals surface area contributed by atoms with Crippen molar-refractivity contribution in [1.29, 1.82) is 0 Å². The van der Waals surface area contributed by atoms with Crippen LogP contribution in [0.1, 0.15) is 28.3 Å². The van der Waals surface area contributed by atoms with E-state index in [0.717, 1.165) is 11.1 Å². The maximum Gasteiger partial charge on any atom is 0.300 e. The number of Topliss-reactive ketones (excluding diaryl/α,β-unsaturated/α-hetero) is 1. The van der Waals surface area contributed by atoms with Crippen molar-refractivity contribution in [3.63, 3.8) is 0 Å². The summed E-state index contributed by atoms with van der Waals surface area (Å²) in [6.45, 7) is 3.71. The predicted octanol–water partition coefficient (Wildman–Crippen LogP) is 4.99. The number of nitrogens with zero attached hydrogens (tertiary/aromatic N) is 2. The highest BCUT2D eigenvalue weighted by Crippen LogP contribution is 2.44. The number of aliphatic hydroxyl groups is 1. The van der Waals surface area contributed by atoms with Gasteiger partial charge in [0, 0.05) is 18.1 Å². The van der Waals surface area contributed by atoms with Crippen LogP contribution < -0.4 is 9.64 Å². The van der Waals surface area contributed by atoms with Crippen LogP contribution in [-0.2, 0) is 9.59 Å². The quantitative estimate of drug-likeness (QED) is 0.345. The Morgan fingerprint density at radius 1 is 1.09 bits per heavy atom. The number of ketones is 1. The van der Waals surface area contributed by atoms with Gasteiger partial charge in [-0.2, -0.15) is 0 Å². The molecule has 4 rings (SSSR count). The van der Waals surface area contributed by atoms with Crippen LogP contribution in [0.15, 0.2) is 66.5 Å². The van der Waals surface area contributed by atoms with Gasteiger partial charge in [0.2, 0.25) is 0 Å². The smallest absolute Gasteiger partial charge is 0.300 e. The van der Waals surface area contributed by atoms with Crippen LogP contribution in [0.25, 0.3) is 5.76 Å². The van der Waals surface area contributed by atoms with E-state index in [2.05, 4.69) is 4.98 Å². The van der Waals surface area contributed by atoms with E-state index in [1.807, 2.05) is 32.0 Å². The number of carbonyl (C=O) groups excluding carboxylic acids is 2. The van der Waals surface area contributed by atoms with E-state index in [1.54, 1.807) is 42.7 Å². The number of aromatic nitrogens is 1. The Kier molecular flexibility index (Phi) is 5.72. The van der Waals surface area contributed by atoms with Gasteiger partial charge in [0.25, 0.3) is 11.7 Å². The summed E-state index contributed by atoms with van der Waals surface area (Å²) in [5.74, 6) is -1.66. The molecule has 32 heavy (non-hydrogen) atoms. The molecule has 0 saturated carbocycles. The Bertz CT molecular complexity index is 1250. The van der Waals surface area contributed by atoms with Crippen LogP contribution >= 0.6 is 11.6 Å². The van der Waals surface area contributed by atoms with E-state index in [4.69, 9.17) is 16.3 Å². The van der Waals surface area contributed by atoms with Crippen LogP contribution in [-0.4, -0.2) is 28.9 Å². The fraction of sp³-hybridized carbons (Fsp3) is 0.160. The molecule has 1 aliphatic heterocycles. The zero-order valence-electron chi connectivity index (χ0n) is 17.8. The lowest BCUT2D eigenvalue weighted by atomic mass is 9.95. The number of anilines is 1. The van der Waals surface area contributed by atoms with Gasteiger partial charge in [0.15, 0.2) is 0 Å². The summed E-state index contributed by atoms with van der Waals surface area (Å²) in [6.07, 6.45) is 3.18. The fourth-order valence-electron chi connectivity index (χ4n) is 3.99. The highest BCUT2D eigenvalue weighted by Gasteiger charge is 2.47. The van der Waals surface area contributed by atoms with Gasteiger partial charge in [-0.25, -0.2) is 0 Å². The van der Waals surface area contributed by atoms with Crippen molar-refractivity contribution in [3.8, 4) is 5.75 Å². The molecule has 1 fully saturated rings. The van der Waals surface area contributed by atoms with Gasteiger partial charge >= 0.3 is 0 Å². The number of aliphatic hydroxyl groups excluding tert-OH is 1. The van der Waals surface area contributed by atoms with E-state index in [-0.39, 0.29) is 22.6 Å². The van der Waals surface area contributed by atoms with Crippen molar-refractivity contribution >= 4 is 34.7 Å². The predicted molar refractivity (Wildman–Crippen MR) is 123 cm³/mol. The van der Waals surface area contributed by atoms with E-state index in [1.165, 1.54) is 12.0 Å². The molecule has 3 aromatic rings. The Morgan fingerprint density at radius 2 is 1.88 bits per heavy atom. The zero-order chi connectivity index (χ0) is 23.0. The van der Waals surface area contributed by atoms with Gasteiger partial charge in [-0.3, -0.25) is 19.5 Å². The number of hydrogen-bond donors (Lipinski definition) is 1. The molecule has 0 spiro atoms. The maximum atomic E-state index is 13.2. The summed E-state index contributed by atoms with van der Waals surface area (Å²) < 4.78 is 5.39. The van der Waals surface area contributed by atoms with Crippen LogP contribution in [0.2, 0.25) is 5.02 Å². The molecule has 7 heteroatoms. The van der Waals surface area contributed by atoms with E-state index in [0.29, 0.717) is 16.3 Å². The van der Waals surface area contributed by atoms with Crippen molar-refractivity contribution < 1.29 is 19.4 Å². The molecule has 1 aromatic heterocycles. The SMILES string of the molecule is COc1c(Cl)cc(C)cc1/C(O)=C1\C(=O)C(=O)N(c2cccc(C)c2)C1c1cccnc1. The van der Waals surface area contributed by atoms with E-state index in [9.17, 15) is 14.7 Å². The van der Waals surface area contributed by atoms with E-state index >= 15 is 0 Å². The summed E-state index contributed by atoms with van der Waals surface area (Å²) in [7, 11) is 1.43. The molecule has 2 aromatic carbocycles. The van der Waals surface area contributed by atoms with Crippen molar-refractivity contribution in [3.05, 3.63) is 93.8 Å². The zero-order valence-corrected chi connectivity index (χ0v) is 18.6. The molecular formula is C25H21ClN2O4. The van der Waals surface area contributed by atoms with Crippen molar-refractivity contribution in [1.82, 2.24) is 4.98 Å². The molecule has 162 valence electrons. The first-order valence-electron chi connectivity index (χ1n) is 9.95. The average Bonchev–Trinajstić information content (AvgIpc) is 3.04. The molecule has 0 aliphatic carbocycles. The van der Waals surface area contributed by atoms with Gasteiger partial charge in [-0.05, 0) is 60.9 Å². The van der Waals surface area contributed by atoms with Gasteiger partial charge in [-0.15, -0.1) is 0 Å². The molecule has 6 nitrogen and oxygen atoms in total. The number of aryl methyl sites for hydroxylation is 2. The summed E-state index contributed by atoms with van der Waals surface area (Å²) in [5, 5.41) is 11.6. The van der Waals surface area contributed by atoms with Crippen molar-refractivity contribution in [2.24, 2.45) is 0 Å². The largest absolute Gasteiger partial charge is 0.507 e. The second-order valence-electron chi connectivity index (χ2n) is 7.62. The number of ether oxygens (including phenoxy) is 1. The second kappa shape index (κ2) is 8.48. The Labute approximate surface area is 190 Å². The molecule has 1 atom stereocenters. The van der Waals surface area contributed by atoms with Crippen molar-refractivity contribution in [2.75, 3.05) is 12.0 Å². The lowest BCUT2D eigenvalue weighted by molar-refractivity contribution is -0.132. The van der Waals surface area contributed by atoms with Crippen LogP contribution in [0, 0.1) is 13.8 Å². The molecule has 1 unspecified atom stereocenters. The van der Waals surface area contributed by atoms with Gasteiger partial charge < -0.3 is 9.84 Å². The van der Waals surface area contributed by atoms with Crippen LogP contribution in [0.4, 0.5) is 5.69 Å². The number of pyridine rings is 1. The minimum absolute atomic E-state index is 0.0514. The van der Waals surface area contributed by atoms with Gasteiger partial charge in [0.05, 0.1) is 29.3 Å². The Morgan fingerprint density at radius 3 is 2.53 bits per heavy atom. The monoisotopic (exact) mass is 448 g/mol. The number of benzene rings is 2. The van der Waals surface area contributed by atoms with Crippen molar-refractivity contribution in [2.45, 2.75) is 19.9 Å². The lowest BCUT2D eigenvalue weighted by Gasteiger charge is -2.25. The number of methoxy groups -OCH3 is 1. The second-order valence-corrected chi connectivity index (χ2v) is 8.03. The summed E-state index contributed by atoms with van der Waals surface area (Å²) >= 11 is 6.32. The number of halogens is 1. The molecule has 2 heterocycles. The average molecular weight is 449 g/mol. The summed E-state index contributed by atoms with van der Waals surface area (Å²) in [5.41, 5.74) is 3.03. The number of hydrogen-bond acceptors (Lipinski definition) is 5. The molecule has 1 aliphatic rings. The molecule has 1 N–H and O–H groups in total. The van der Waals surface area contributed by atoms with Crippen LogP contribution in [0.5, 0.6) is 5.75 Å². The third-order valence-electron chi connectivity index (χ3n) is 5.37. The lowest BCUT2D eigenvalue weighted by Crippen LogP contribution is -2.29. The van der Waals surface area contributed by atoms with Gasteiger partial charge in [0.1, 0.15) is 11.5 Å². The first-order chi connectivity index (χ1) is 15.3. The molecule has 0 radical (unpaired) electrons. The highest BCUT2D eigenvalue weighted by molar-refractivity contribution is 6.51. The fourth-order valence-corrected chi connectivity index (χ4v) is 4.34. The third-order valence-corrected chi connectivity index (χ3v) is 5.65. The highest BCUT2D eigenvalue weighted by atomic mass is 35.5. The molecular weight excluding hydrogens is 428 g/mol. The van der Waals surface area contributed by atoms with E-state index < -0.39 is 17.7 Å². The maximum absolute atomic E-state index is 13.2. The minimum Gasteiger partial charge on any atom is -0.507 e. The number of carbonyl (C=O) groups is 2. The normalized spacial score (nSPS) is 17.6. The summed E-state index contributed by atoms with van der Waals surface area (Å²) in [6, 6.07) is 13.3. The standard InChI is InChI=1S/C25H21ClN2O4/c1-14-6-4-8-17(10-14)28-21(16-7-5-9-27-13-16)20(23(30)25(28)31)22(29)18-11-15(2)12-19(26)24(18)32-3/h4-13,21,29H,1-3H3/b22-20+. The Balaban J connectivity index is 2.01. The first-order valence-corrected chi connectivity index (χ1v) is 10.3. The number of amides is 1. The molecule has 1 saturated heterocycles. The van der Waals surface area contributed by atoms with Crippen LogP contribution in [0.3, 0.4) is 0 Å². The minimum atomic E-state index is -0.866. The first kappa shape index (κ1) is 21.6. The molecule has 0 bridgehead atoms. The third kappa shape index (κ3) is 3.63. The molecule has 1 amide bonds. The Hall–Kier alpha value is -3.64. The van der Waals surface area contributed by atoms with Gasteiger partial charge in [-0.1, -0.05) is 29.8 Å². The number of rotatable bonds is 4.